The predicted octanol–water partition coefficient (Wildman–Crippen LogP) is 16.6. The molecule has 1 aromatic heterocycles. The van der Waals surface area contributed by atoms with Crippen LogP contribution in [0.2, 0.25) is 0 Å². The van der Waals surface area contributed by atoms with Crippen molar-refractivity contribution >= 4 is 38.9 Å². The highest BCUT2D eigenvalue weighted by Gasteiger charge is 2.22. The lowest BCUT2D eigenvalue weighted by atomic mass is 9.89. The average Bonchev–Trinajstić information content (AvgIpc) is 3.69. The zero-order valence-electron chi connectivity index (χ0n) is 34.1. The minimum atomic E-state index is 1.07. The van der Waals surface area contributed by atoms with Crippen LogP contribution in [0.25, 0.3) is 83.1 Å². The Morgan fingerprint density at radius 2 is 0.710 bits per heavy atom. The van der Waals surface area contributed by atoms with Gasteiger partial charge in [0.25, 0.3) is 0 Å². The summed E-state index contributed by atoms with van der Waals surface area (Å²) in [7, 11) is 0. The number of rotatable bonds is 9. The van der Waals surface area contributed by atoms with Gasteiger partial charge >= 0.3 is 0 Å². The molecule has 11 aromatic rings. The maximum absolute atomic E-state index is 2.45. The monoisotopic (exact) mass is 790 g/mol. The molecule has 0 fully saturated rings. The van der Waals surface area contributed by atoms with Crippen LogP contribution in [-0.4, -0.2) is 4.57 Å². The van der Waals surface area contributed by atoms with Gasteiger partial charge in [-0.15, -0.1) is 0 Å². The molecule has 0 atom stereocenters. The van der Waals surface area contributed by atoms with E-state index in [-0.39, 0.29) is 0 Å². The number of anilines is 3. The van der Waals surface area contributed by atoms with Crippen LogP contribution in [0, 0.1) is 0 Å². The second-order valence-electron chi connectivity index (χ2n) is 15.7. The Morgan fingerprint density at radius 3 is 1.34 bits per heavy atom. The molecule has 0 radical (unpaired) electrons. The first-order valence-corrected chi connectivity index (χ1v) is 21.3. The van der Waals surface area contributed by atoms with Gasteiger partial charge in [-0.25, -0.2) is 0 Å². The molecule has 1 heterocycles. The summed E-state index contributed by atoms with van der Waals surface area (Å²) >= 11 is 0. The molecule has 0 unspecified atom stereocenters. The molecule has 2 heteroatoms. The van der Waals surface area contributed by atoms with Gasteiger partial charge in [0.2, 0.25) is 0 Å². The zero-order valence-corrected chi connectivity index (χ0v) is 34.1. The molecule has 0 saturated carbocycles. The summed E-state index contributed by atoms with van der Waals surface area (Å²) in [6.07, 6.45) is 0. The Morgan fingerprint density at radius 1 is 0.258 bits per heavy atom. The molecule has 0 bridgehead atoms. The van der Waals surface area contributed by atoms with Gasteiger partial charge in [0, 0.05) is 33.4 Å². The molecule has 0 saturated heterocycles. The number of fused-ring (bicyclic) bond motifs is 3. The summed E-state index contributed by atoms with van der Waals surface area (Å²) in [5.41, 5.74) is 18.6. The van der Waals surface area contributed by atoms with Crippen LogP contribution in [0.15, 0.2) is 255 Å². The second kappa shape index (κ2) is 16.1. The van der Waals surface area contributed by atoms with E-state index in [4.69, 9.17) is 0 Å². The van der Waals surface area contributed by atoms with E-state index in [0.29, 0.717) is 0 Å². The van der Waals surface area contributed by atoms with Crippen molar-refractivity contribution in [2.45, 2.75) is 0 Å². The van der Waals surface area contributed by atoms with Gasteiger partial charge in [-0.2, -0.15) is 0 Å². The second-order valence-corrected chi connectivity index (χ2v) is 15.7. The smallest absolute Gasteiger partial charge is 0.0561 e. The third kappa shape index (κ3) is 6.74. The molecule has 0 amide bonds. The van der Waals surface area contributed by atoms with Gasteiger partial charge in [-0.05, 0) is 98.6 Å². The highest BCUT2D eigenvalue weighted by Crippen LogP contribution is 2.46. The first-order valence-electron chi connectivity index (χ1n) is 21.3. The Hall–Kier alpha value is -8.20. The van der Waals surface area contributed by atoms with Gasteiger partial charge in [-0.1, -0.05) is 206 Å². The molecule has 11 rings (SSSR count). The predicted molar refractivity (Wildman–Crippen MR) is 263 cm³/mol. The quantitative estimate of drug-likeness (QED) is 0.141. The maximum atomic E-state index is 2.45. The van der Waals surface area contributed by atoms with Gasteiger partial charge in [0.15, 0.2) is 0 Å². The van der Waals surface area contributed by atoms with Gasteiger partial charge in [0.1, 0.15) is 0 Å². The third-order valence-electron chi connectivity index (χ3n) is 12.0. The Labute approximate surface area is 362 Å². The summed E-state index contributed by atoms with van der Waals surface area (Å²) in [5, 5.41) is 2.45. The van der Waals surface area contributed by atoms with Crippen molar-refractivity contribution in [3.8, 4) is 61.3 Å². The van der Waals surface area contributed by atoms with Gasteiger partial charge in [0.05, 0.1) is 16.7 Å². The molecule has 0 spiro atoms. The lowest BCUT2D eigenvalue weighted by molar-refractivity contribution is 1.18. The van der Waals surface area contributed by atoms with Crippen molar-refractivity contribution in [3.05, 3.63) is 255 Å². The number of hydrogen-bond donors (Lipinski definition) is 0. The Bertz CT molecular complexity index is 3310. The summed E-state index contributed by atoms with van der Waals surface area (Å²) in [6.45, 7) is 0. The minimum Gasteiger partial charge on any atom is -0.310 e. The van der Waals surface area contributed by atoms with E-state index in [1.807, 2.05) is 0 Å². The fourth-order valence-corrected chi connectivity index (χ4v) is 9.12. The van der Waals surface area contributed by atoms with E-state index in [2.05, 4.69) is 264 Å². The fourth-order valence-electron chi connectivity index (χ4n) is 9.12. The highest BCUT2D eigenvalue weighted by atomic mass is 15.1. The van der Waals surface area contributed by atoms with Crippen molar-refractivity contribution in [2.24, 2.45) is 0 Å². The molecular weight excluding hydrogens is 749 g/mol. The molecule has 2 nitrogen and oxygen atoms in total. The summed E-state index contributed by atoms with van der Waals surface area (Å²) in [4.78, 5) is 2.45. The minimum absolute atomic E-state index is 1.07. The number of aromatic nitrogens is 1. The molecule has 0 aliphatic carbocycles. The topological polar surface area (TPSA) is 8.17 Å². The third-order valence-corrected chi connectivity index (χ3v) is 12.0. The van der Waals surface area contributed by atoms with E-state index in [0.717, 1.165) is 50.5 Å². The highest BCUT2D eigenvalue weighted by molar-refractivity contribution is 6.10. The molecular formula is C60H42N2. The van der Waals surface area contributed by atoms with Crippen LogP contribution in [0.5, 0.6) is 0 Å². The van der Waals surface area contributed by atoms with Crippen LogP contribution in [0.4, 0.5) is 17.1 Å². The molecule has 62 heavy (non-hydrogen) atoms. The number of benzene rings is 10. The van der Waals surface area contributed by atoms with Crippen LogP contribution >= 0.6 is 0 Å². The Kier molecular flexibility index (Phi) is 9.57. The normalized spacial score (nSPS) is 11.2. The van der Waals surface area contributed by atoms with Crippen LogP contribution in [-0.2, 0) is 0 Å². The zero-order chi connectivity index (χ0) is 41.2. The largest absolute Gasteiger partial charge is 0.310 e. The van der Waals surface area contributed by atoms with Crippen molar-refractivity contribution < 1.29 is 0 Å². The standard InChI is InChI=1S/C60H42N2/c1-5-19-43(20-6-1)47-35-39-53(45-23-9-3-10-24-45)59(41-47)61(50-38-40-57-56-31-17-18-32-58(56)62(60(57)42-50)48-25-11-4-12-26-48)49-36-33-46(34-37-49)52-28-14-16-30-55(52)54-29-15-13-27-51(54)44-21-7-2-8-22-44/h1-42H. The number of nitrogens with zero attached hydrogens (tertiary/aromatic N) is 2. The average molecular weight is 791 g/mol. The Balaban J connectivity index is 1.12. The molecule has 0 aliphatic rings. The van der Waals surface area contributed by atoms with Crippen LogP contribution in [0.1, 0.15) is 0 Å². The first-order chi connectivity index (χ1) is 30.8. The summed E-state index contributed by atoms with van der Waals surface area (Å²) in [6, 6.07) is 92.1. The van der Waals surface area contributed by atoms with E-state index < -0.39 is 0 Å². The number of para-hydroxylation sites is 2. The fraction of sp³-hybridized carbons (Fsp3) is 0. The molecule has 0 N–H and O–H groups in total. The molecule has 0 aliphatic heterocycles. The summed E-state index contributed by atoms with van der Waals surface area (Å²) < 4.78 is 2.40. The van der Waals surface area contributed by atoms with Crippen molar-refractivity contribution in [3.63, 3.8) is 0 Å². The van der Waals surface area contributed by atoms with Gasteiger partial charge < -0.3 is 9.47 Å². The van der Waals surface area contributed by atoms with E-state index in [1.165, 1.54) is 49.7 Å². The van der Waals surface area contributed by atoms with Crippen molar-refractivity contribution in [2.75, 3.05) is 4.90 Å². The van der Waals surface area contributed by atoms with E-state index >= 15 is 0 Å². The molecule has 292 valence electrons. The van der Waals surface area contributed by atoms with E-state index in [1.54, 1.807) is 0 Å². The van der Waals surface area contributed by atoms with Crippen molar-refractivity contribution in [1.29, 1.82) is 0 Å². The lowest BCUT2D eigenvalue weighted by Gasteiger charge is -2.29. The molecule has 10 aromatic carbocycles. The van der Waals surface area contributed by atoms with Crippen molar-refractivity contribution in [1.82, 2.24) is 4.57 Å². The number of hydrogen-bond acceptors (Lipinski definition) is 1. The lowest BCUT2D eigenvalue weighted by Crippen LogP contribution is -2.12. The maximum Gasteiger partial charge on any atom is 0.0561 e. The van der Waals surface area contributed by atoms with Crippen LogP contribution in [0.3, 0.4) is 0 Å². The van der Waals surface area contributed by atoms with E-state index in [9.17, 15) is 0 Å². The SMILES string of the molecule is c1ccc(-c2ccc(-c3ccccc3)c(N(c3ccc(-c4ccccc4-c4ccccc4-c4ccccc4)cc3)c3ccc4c5ccccc5n(-c5ccccc5)c4c3)c2)cc1. The summed E-state index contributed by atoms with van der Waals surface area (Å²) in [5.74, 6) is 0. The first kappa shape index (κ1) is 36.8. The van der Waals surface area contributed by atoms with Crippen LogP contribution < -0.4 is 4.90 Å². The van der Waals surface area contributed by atoms with Gasteiger partial charge in [-0.3, -0.25) is 0 Å².